The molecule has 0 unspecified atom stereocenters. The average Bonchev–Trinajstić information content (AvgIpc) is 3.48. The summed E-state index contributed by atoms with van der Waals surface area (Å²) in [5.41, 5.74) is 1.11. The van der Waals surface area contributed by atoms with Crippen LogP contribution in [0.1, 0.15) is 49.6 Å². The average molecular weight is 589 g/mol. The molecule has 12 nitrogen and oxygen atoms in total. The van der Waals surface area contributed by atoms with Crippen LogP contribution >= 0.6 is 0 Å². The van der Waals surface area contributed by atoms with Crippen molar-refractivity contribution < 1.29 is 23.5 Å². The van der Waals surface area contributed by atoms with Crippen LogP contribution < -0.4 is 11.1 Å². The van der Waals surface area contributed by atoms with E-state index in [1.165, 1.54) is 45.8 Å². The van der Waals surface area contributed by atoms with Gasteiger partial charge in [-0.15, -0.1) is 0 Å². The Kier molecular flexibility index (Phi) is 6.02. The molecule has 4 aromatic heterocycles. The molecular weight excluding hydrogens is 571 g/mol. The van der Waals surface area contributed by atoms with E-state index in [0.29, 0.717) is 22.1 Å². The maximum atomic E-state index is 13.3. The maximum Gasteiger partial charge on any atom is 0.338 e. The Morgan fingerprint density at radius 2 is 1.27 bits per heavy atom. The minimum atomic E-state index is -0.527. The third-order valence-electron chi connectivity index (χ3n) is 7.13. The second-order valence-electron chi connectivity index (χ2n) is 9.67. The van der Waals surface area contributed by atoms with Crippen LogP contribution in [-0.2, 0) is 4.74 Å². The zero-order valence-corrected chi connectivity index (χ0v) is 22.6. The standard InChI is InChI=1S/C17H11N3O4.C14H6FN3O2/c1-2-24-17(23)9-5-6-12-11(8-9)13(21)15-19-14-10(4-3-7-18-14)16(22)20(12)15;15-7-3-4-10-9(6-7)11(19)13-17-12-8(2-1-5-16-12)14(20)18(10)13/h3-8H,2H2,1H3;1-6H. The molecule has 0 atom stereocenters. The van der Waals surface area contributed by atoms with Crippen molar-refractivity contribution in [3.05, 3.63) is 128 Å². The molecule has 0 aliphatic carbocycles. The monoisotopic (exact) mass is 588 g/mol. The number of fused-ring (bicyclic) bond motifs is 8. The van der Waals surface area contributed by atoms with E-state index in [1.807, 2.05) is 0 Å². The summed E-state index contributed by atoms with van der Waals surface area (Å²) in [4.78, 5) is 78.2. The van der Waals surface area contributed by atoms with Crippen molar-refractivity contribution in [2.45, 2.75) is 6.92 Å². The molecule has 0 saturated heterocycles. The lowest BCUT2D eigenvalue weighted by Gasteiger charge is -2.06. The van der Waals surface area contributed by atoms with E-state index in [2.05, 4.69) is 19.9 Å². The van der Waals surface area contributed by atoms with Crippen molar-refractivity contribution in [2.24, 2.45) is 0 Å². The molecule has 214 valence electrons. The lowest BCUT2D eigenvalue weighted by Crippen LogP contribution is -2.21. The van der Waals surface area contributed by atoms with Crippen molar-refractivity contribution in [1.29, 1.82) is 0 Å². The van der Waals surface area contributed by atoms with Gasteiger partial charge in [0, 0.05) is 12.4 Å². The SMILES string of the molecule is CCOC(=O)c1ccc2c(c1)C(=O)c1nc3ncccc3c(=O)n1-2.O=C1c2cc(F)ccc2-n2c1nc1ncccc1c2=O. The molecule has 44 heavy (non-hydrogen) atoms. The Labute approximate surface area is 245 Å². The second kappa shape index (κ2) is 9.94. The highest BCUT2D eigenvalue weighted by molar-refractivity contribution is 6.14. The van der Waals surface area contributed by atoms with Crippen LogP contribution in [0.2, 0.25) is 0 Å². The molecule has 0 bridgehead atoms. The third-order valence-corrected chi connectivity index (χ3v) is 7.13. The number of ketones is 2. The molecule has 0 amide bonds. The van der Waals surface area contributed by atoms with Gasteiger partial charge in [-0.1, -0.05) is 0 Å². The van der Waals surface area contributed by atoms with E-state index in [9.17, 15) is 28.4 Å². The van der Waals surface area contributed by atoms with Crippen molar-refractivity contribution in [2.75, 3.05) is 6.61 Å². The summed E-state index contributed by atoms with van der Waals surface area (Å²) >= 11 is 0. The minimum absolute atomic E-state index is 0.00205. The number of halogens is 1. The lowest BCUT2D eigenvalue weighted by atomic mass is 10.1. The van der Waals surface area contributed by atoms with Gasteiger partial charge in [-0.2, -0.15) is 0 Å². The van der Waals surface area contributed by atoms with E-state index in [0.717, 1.165) is 6.07 Å². The first-order valence-corrected chi connectivity index (χ1v) is 13.2. The van der Waals surface area contributed by atoms with Crippen LogP contribution in [0.15, 0.2) is 82.6 Å². The van der Waals surface area contributed by atoms with Gasteiger partial charge in [0.2, 0.25) is 11.6 Å². The fraction of sp³-hybridized carbons (Fsp3) is 0.0645. The van der Waals surface area contributed by atoms with Gasteiger partial charge in [-0.3, -0.25) is 28.3 Å². The summed E-state index contributed by atoms with van der Waals surface area (Å²) in [6.07, 6.45) is 3.01. The van der Waals surface area contributed by atoms with Gasteiger partial charge in [0.15, 0.2) is 22.9 Å². The Balaban J connectivity index is 0.000000144. The van der Waals surface area contributed by atoms with Gasteiger partial charge in [-0.05, 0) is 67.6 Å². The van der Waals surface area contributed by atoms with Crippen molar-refractivity contribution in [3.63, 3.8) is 0 Å². The van der Waals surface area contributed by atoms with E-state index in [1.54, 1.807) is 37.3 Å². The Morgan fingerprint density at radius 3 is 1.82 bits per heavy atom. The number of pyridine rings is 2. The number of hydrogen-bond acceptors (Lipinski definition) is 10. The number of carbonyl (C=O) groups excluding carboxylic acids is 3. The van der Waals surface area contributed by atoms with E-state index < -0.39 is 23.4 Å². The third kappa shape index (κ3) is 3.94. The summed E-state index contributed by atoms with van der Waals surface area (Å²) in [5, 5.41) is 0.651. The predicted octanol–water partition coefficient (Wildman–Crippen LogP) is 2.97. The van der Waals surface area contributed by atoms with Gasteiger partial charge < -0.3 is 4.74 Å². The van der Waals surface area contributed by atoms with E-state index >= 15 is 0 Å². The van der Waals surface area contributed by atoms with Crippen LogP contribution in [0.4, 0.5) is 4.39 Å². The molecule has 2 aliphatic heterocycles. The van der Waals surface area contributed by atoms with E-state index in [4.69, 9.17) is 4.74 Å². The van der Waals surface area contributed by atoms with Crippen LogP contribution in [0.3, 0.4) is 0 Å². The summed E-state index contributed by atoms with van der Waals surface area (Å²) in [6, 6.07) is 14.7. The van der Waals surface area contributed by atoms with E-state index in [-0.39, 0.29) is 57.4 Å². The van der Waals surface area contributed by atoms with Crippen LogP contribution in [0.5, 0.6) is 0 Å². The fourth-order valence-corrected chi connectivity index (χ4v) is 5.17. The van der Waals surface area contributed by atoms with Crippen molar-refractivity contribution in [3.8, 4) is 11.4 Å². The maximum absolute atomic E-state index is 13.3. The highest BCUT2D eigenvalue weighted by Crippen LogP contribution is 2.28. The zero-order chi connectivity index (χ0) is 30.7. The first-order valence-electron chi connectivity index (χ1n) is 13.2. The number of carbonyl (C=O) groups is 3. The number of hydrogen-bond donors (Lipinski definition) is 0. The Bertz CT molecular complexity index is 2380. The number of esters is 1. The van der Waals surface area contributed by atoms with Gasteiger partial charge in [0.1, 0.15) is 5.82 Å². The lowest BCUT2D eigenvalue weighted by molar-refractivity contribution is 0.0526. The summed E-state index contributed by atoms with van der Waals surface area (Å²) in [7, 11) is 0. The molecule has 0 fully saturated rings. The van der Waals surface area contributed by atoms with Gasteiger partial charge in [0.25, 0.3) is 11.1 Å². The highest BCUT2D eigenvalue weighted by atomic mass is 19.1. The highest BCUT2D eigenvalue weighted by Gasteiger charge is 2.32. The van der Waals surface area contributed by atoms with Crippen molar-refractivity contribution >= 4 is 39.6 Å². The zero-order valence-electron chi connectivity index (χ0n) is 22.6. The Morgan fingerprint density at radius 1 is 0.750 bits per heavy atom. The largest absolute Gasteiger partial charge is 0.462 e. The Hall–Kier alpha value is -6.24. The first kappa shape index (κ1) is 26.6. The van der Waals surface area contributed by atoms with Gasteiger partial charge in [-0.25, -0.2) is 29.1 Å². The van der Waals surface area contributed by atoms with Crippen LogP contribution in [-0.4, -0.2) is 53.2 Å². The number of ether oxygens (including phenoxy) is 1. The van der Waals surface area contributed by atoms with Gasteiger partial charge in [0.05, 0.1) is 45.4 Å². The predicted molar refractivity (Wildman–Crippen MR) is 153 cm³/mol. The van der Waals surface area contributed by atoms with Gasteiger partial charge >= 0.3 is 5.97 Å². The minimum Gasteiger partial charge on any atom is -0.462 e. The summed E-state index contributed by atoms with van der Waals surface area (Å²) in [6.45, 7) is 1.94. The molecule has 6 aromatic rings. The molecule has 2 aromatic carbocycles. The number of nitrogens with zero attached hydrogens (tertiary/aromatic N) is 6. The van der Waals surface area contributed by atoms with Crippen LogP contribution in [0.25, 0.3) is 33.4 Å². The molecular formula is C31H17FN6O6. The van der Waals surface area contributed by atoms with Crippen molar-refractivity contribution in [1.82, 2.24) is 29.1 Å². The quantitative estimate of drug-likeness (QED) is 0.275. The number of aromatic nitrogens is 6. The molecule has 8 rings (SSSR count). The molecule has 0 spiro atoms. The fourth-order valence-electron chi connectivity index (χ4n) is 5.17. The first-order chi connectivity index (χ1) is 21.3. The molecule has 0 radical (unpaired) electrons. The summed E-state index contributed by atoms with van der Waals surface area (Å²) < 4.78 is 20.7. The molecule has 0 saturated carbocycles. The number of benzene rings is 2. The molecule has 6 heterocycles. The topological polar surface area (TPSA) is 156 Å². The number of rotatable bonds is 2. The van der Waals surface area contributed by atoms with Crippen LogP contribution in [0, 0.1) is 5.82 Å². The summed E-state index contributed by atoms with van der Waals surface area (Å²) in [5.74, 6) is -1.95. The molecule has 2 aliphatic rings. The molecule has 13 heteroatoms. The normalized spacial score (nSPS) is 12.3. The smallest absolute Gasteiger partial charge is 0.338 e. The molecule has 0 N–H and O–H groups in total. The second-order valence-corrected chi connectivity index (χ2v) is 9.67.